The monoisotopic (exact) mass is 433 g/mol. The zero-order valence-electron chi connectivity index (χ0n) is 18.8. The van der Waals surface area contributed by atoms with Gasteiger partial charge in [0.25, 0.3) is 0 Å². The van der Waals surface area contributed by atoms with E-state index in [1.807, 2.05) is 42.2 Å². The van der Waals surface area contributed by atoms with Gasteiger partial charge in [0, 0.05) is 30.5 Å². The van der Waals surface area contributed by atoms with Crippen molar-refractivity contribution >= 4 is 22.5 Å². The smallest absolute Gasteiger partial charge is 0.222 e. The molecule has 4 aromatic rings. The second-order valence-electron chi connectivity index (χ2n) is 7.75. The maximum atomic E-state index is 12.8. The molecule has 0 aliphatic heterocycles. The summed E-state index contributed by atoms with van der Waals surface area (Å²) in [7, 11) is 3.23. The summed E-state index contributed by atoms with van der Waals surface area (Å²) < 4.78 is 12.5. The lowest BCUT2D eigenvalue weighted by Crippen LogP contribution is -2.32. The van der Waals surface area contributed by atoms with Crippen LogP contribution in [0.4, 0.5) is 0 Å². The molecule has 0 aliphatic carbocycles. The Morgan fingerprint density at radius 2 is 1.88 bits per heavy atom. The molecule has 8 nitrogen and oxygen atoms in total. The maximum absolute atomic E-state index is 12.8. The summed E-state index contributed by atoms with van der Waals surface area (Å²) in [5.41, 5.74) is 4.76. The third kappa shape index (κ3) is 4.21. The Labute approximate surface area is 186 Å². The number of carbonyl (C=O) groups is 1. The van der Waals surface area contributed by atoms with Crippen LogP contribution in [-0.4, -0.2) is 51.6 Å². The number of carbonyl (C=O) groups excluding carboxylic acids is 1. The summed E-state index contributed by atoms with van der Waals surface area (Å²) >= 11 is 0. The Kier molecular flexibility index (Phi) is 6.20. The van der Waals surface area contributed by atoms with E-state index in [4.69, 9.17) is 9.47 Å². The molecule has 8 heteroatoms. The molecule has 0 saturated carbocycles. The number of benzene rings is 2. The fraction of sp³-hybridized carbons (Fsp3) is 0.333. The number of aryl methyl sites for hydroxylation is 1. The summed E-state index contributed by atoms with van der Waals surface area (Å²) in [4.78, 5) is 14.6. The predicted octanol–water partition coefficient (Wildman–Crippen LogP) is 3.58. The summed E-state index contributed by atoms with van der Waals surface area (Å²) in [5.74, 6) is 1.45. The number of hydrogen-bond donors (Lipinski definition) is 0. The summed E-state index contributed by atoms with van der Waals surface area (Å²) in [6.45, 7) is 4.94. The van der Waals surface area contributed by atoms with Gasteiger partial charge in [0.15, 0.2) is 17.1 Å². The van der Waals surface area contributed by atoms with Crippen LogP contribution in [0.2, 0.25) is 0 Å². The van der Waals surface area contributed by atoms with Crippen LogP contribution in [-0.2, 0) is 17.8 Å². The van der Waals surface area contributed by atoms with Gasteiger partial charge in [-0.3, -0.25) is 4.79 Å². The molecule has 0 N–H and O–H groups in total. The van der Waals surface area contributed by atoms with E-state index >= 15 is 0 Å². The molecule has 0 radical (unpaired) electrons. The van der Waals surface area contributed by atoms with Crippen LogP contribution in [0.1, 0.15) is 30.0 Å². The van der Waals surface area contributed by atoms with Crippen molar-refractivity contribution < 1.29 is 14.3 Å². The molecule has 166 valence electrons. The molecular weight excluding hydrogens is 406 g/mol. The number of methoxy groups -OCH3 is 2. The van der Waals surface area contributed by atoms with Crippen LogP contribution in [0.15, 0.2) is 42.5 Å². The minimum absolute atomic E-state index is 0.0837. The van der Waals surface area contributed by atoms with Crippen LogP contribution >= 0.6 is 0 Å². The van der Waals surface area contributed by atoms with E-state index in [0.29, 0.717) is 43.1 Å². The molecule has 0 atom stereocenters. The lowest BCUT2D eigenvalue weighted by Gasteiger charge is -2.23. The van der Waals surface area contributed by atoms with Gasteiger partial charge < -0.3 is 14.4 Å². The minimum atomic E-state index is 0.0837. The van der Waals surface area contributed by atoms with Gasteiger partial charge in [0.2, 0.25) is 5.91 Å². The standard InChI is InChI=1S/C24H27N5O3/c1-5-23(30)28(11-10-17-7-9-21(31-3)22(13-17)32-4)15-19-14-18-12-16(2)6-8-20(18)29-24(19)25-26-27-29/h6-9,12-14H,5,10-11,15H2,1-4H3. The molecule has 0 saturated heterocycles. The SMILES string of the molecule is CCC(=O)N(CCc1ccc(OC)c(OC)c1)Cc1cc2cc(C)ccc2n2nnnc12. The number of nitrogens with zero attached hydrogens (tertiary/aromatic N) is 5. The van der Waals surface area contributed by atoms with Crippen LogP contribution < -0.4 is 9.47 Å². The Morgan fingerprint density at radius 3 is 2.62 bits per heavy atom. The second-order valence-corrected chi connectivity index (χ2v) is 7.75. The van der Waals surface area contributed by atoms with E-state index in [2.05, 4.69) is 34.6 Å². The molecule has 0 bridgehead atoms. The molecule has 0 spiro atoms. The molecule has 4 rings (SSSR count). The minimum Gasteiger partial charge on any atom is -0.493 e. The lowest BCUT2D eigenvalue weighted by molar-refractivity contribution is -0.131. The van der Waals surface area contributed by atoms with E-state index in [0.717, 1.165) is 27.6 Å². The van der Waals surface area contributed by atoms with Gasteiger partial charge in [-0.1, -0.05) is 24.6 Å². The number of tetrazole rings is 1. The van der Waals surface area contributed by atoms with Crippen LogP contribution in [0, 0.1) is 6.92 Å². The Bertz CT molecular complexity index is 1270. The van der Waals surface area contributed by atoms with Gasteiger partial charge in [0.1, 0.15) is 0 Å². The van der Waals surface area contributed by atoms with E-state index in [1.54, 1.807) is 18.7 Å². The zero-order valence-corrected chi connectivity index (χ0v) is 18.8. The van der Waals surface area contributed by atoms with Gasteiger partial charge in [0.05, 0.1) is 19.7 Å². The van der Waals surface area contributed by atoms with Gasteiger partial charge >= 0.3 is 0 Å². The topological polar surface area (TPSA) is 81.9 Å². The summed E-state index contributed by atoms with van der Waals surface area (Å²) in [5, 5.41) is 13.3. The van der Waals surface area contributed by atoms with Gasteiger partial charge in [-0.2, -0.15) is 4.52 Å². The van der Waals surface area contributed by atoms with Crippen LogP contribution in [0.5, 0.6) is 11.5 Å². The molecule has 32 heavy (non-hydrogen) atoms. The summed E-state index contributed by atoms with van der Waals surface area (Å²) in [6.07, 6.45) is 1.12. The zero-order chi connectivity index (χ0) is 22.7. The third-order valence-electron chi connectivity index (χ3n) is 5.63. The van der Waals surface area contributed by atoms with E-state index < -0.39 is 0 Å². The Balaban J connectivity index is 1.62. The van der Waals surface area contributed by atoms with Crippen molar-refractivity contribution in [3.63, 3.8) is 0 Å². The first-order valence-electron chi connectivity index (χ1n) is 10.6. The molecule has 0 unspecified atom stereocenters. The summed E-state index contributed by atoms with van der Waals surface area (Å²) in [6, 6.07) is 14.1. The van der Waals surface area contributed by atoms with Crippen molar-refractivity contribution in [2.45, 2.75) is 33.2 Å². The normalized spacial score (nSPS) is 11.1. The molecule has 0 fully saturated rings. The quantitative estimate of drug-likeness (QED) is 0.422. The number of rotatable bonds is 8. The molecular formula is C24H27N5O3. The molecule has 1 amide bonds. The van der Waals surface area contributed by atoms with Gasteiger partial charge in [-0.25, -0.2) is 0 Å². The highest BCUT2D eigenvalue weighted by atomic mass is 16.5. The Morgan fingerprint density at radius 1 is 1.06 bits per heavy atom. The number of fused-ring (bicyclic) bond motifs is 3. The molecule has 2 aromatic carbocycles. The second kappa shape index (κ2) is 9.21. The number of hydrogen-bond acceptors (Lipinski definition) is 6. The highest BCUT2D eigenvalue weighted by molar-refractivity contribution is 5.84. The first-order valence-corrected chi connectivity index (χ1v) is 10.6. The fourth-order valence-corrected chi connectivity index (χ4v) is 3.92. The van der Waals surface area contributed by atoms with Crippen molar-refractivity contribution in [1.82, 2.24) is 24.9 Å². The highest BCUT2D eigenvalue weighted by Gasteiger charge is 2.17. The van der Waals surface area contributed by atoms with Crippen LogP contribution in [0.3, 0.4) is 0 Å². The van der Waals surface area contributed by atoms with Crippen molar-refractivity contribution in [2.24, 2.45) is 0 Å². The fourth-order valence-electron chi connectivity index (χ4n) is 3.92. The van der Waals surface area contributed by atoms with Gasteiger partial charge in [-0.15, -0.1) is 5.10 Å². The van der Waals surface area contributed by atoms with Crippen molar-refractivity contribution in [1.29, 1.82) is 0 Å². The predicted molar refractivity (Wildman–Crippen MR) is 122 cm³/mol. The largest absolute Gasteiger partial charge is 0.493 e. The van der Waals surface area contributed by atoms with E-state index in [-0.39, 0.29) is 5.91 Å². The number of pyridine rings is 1. The average molecular weight is 434 g/mol. The Hall–Kier alpha value is -3.68. The van der Waals surface area contributed by atoms with E-state index in [1.165, 1.54) is 0 Å². The van der Waals surface area contributed by atoms with Gasteiger partial charge in [-0.05, 0) is 59.7 Å². The first-order chi connectivity index (χ1) is 15.5. The van der Waals surface area contributed by atoms with Crippen LogP contribution in [0.25, 0.3) is 16.6 Å². The van der Waals surface area contributed by atoms with Crippen molar-refractivity contribution in [3.05, 3.63) is 59.2 Å². The number of ether oxygens (including phenoxy) is 2. The van der Waals surface area contributed by atoms with E-state index in [9.17, 15) is 4.79 Å². The molecule has 2 aromatic heterocycles. The molecule has 2 heterocycles. The lowest BCUT2D eigenvalue weighted by atomic mass is 10.1. The highest BCUT2D eigenvalue weighted by Crippen LogP contribution is 2.28. The average Bonchev–Trinajstić information content (AvgIpc) is 3.31. The van der Waals surface area contributed by atoms with Crippen molar-refractivity contribution in [3.8, 4) is 11.5 Å². The molecule has 0 aliphatic rings. The van der Waals surface area contributed by atoms with Crippen molar-refractivity contribution in [2.75, 3.05) is 20.8 Å². The maximum Gasteiger partial charge on any atom is 0.222 e. The number of amides is 1. The first kappa shape index (κ1) is 21.5. The number of aromatic nitrogens is 4. The third-order valence-corrected chi connectivity index (χ3v) is 5.63.